The van der Waals surface area contributed by atoms with Gasteiger partial charge in [0.15, 0.2) is 6.61 Å². The fourth-order valence-corrected chi connectivity index (χ4v) is 3.27. The highest BCUT2D eigenvalue weighted by Gasteiger charge is 2.32. The summed E-state index contributed by atoms with van der Waals surface area (Å²) in [6.07, 6.45) is 5.26. The summed E-state index contributed by atoms with van der Waals surface area (Å²) in [6.45, 7) is 3.10. The van der Waals surface area contributed by atoms with Gasteiger partial charge in [-0.3, -0.25) is 14.9 Å². The minimum absolute atomic E-state index is 0.0433. The van der Waals surface area contributed by atoms with E-state index in [1.165, 1.54) is 6.07 Å². The summed E-state index contributed by atoms with van der Waals surface area (Å²) in [5.41, 5.74) is 0.241. The predicted octanol–water partition coefficient (Wildman–Crippen LogP) is 3.32. The van der Waals surface area contributed by atoms with Crippen LogP contribution >= 0.6 is 0 Å². The first kappa shape index (κ1) is 18.7. The third kappa shape index (κ3) is 4.47. The van der Waals surface area contributed by atoms with Crippen molar-refractivity contribution in [1.82, 2.24) is 5.32 Å². The molecule has 0 unspecified atom stereocenters. The van der Waals surface area contributed by atoms with Gasteiger partial charge in [-0.1, -0.05) is 25.7 Å². The molecule has 0 saturated heterocycles. The van der Waals surface area contributed by atoms with Gasteiger partial charge in [0.2, 0.25) is 0 Å². The van der Waals surface area contributed by atoms with Gasteiger partial charge in [-0.2, -0.15) is 5.26 Å². The van der Waals surface area contributed by atoms with Gasteiger partial charge >= 0.3 is 0 Å². The maximum absolute atomic E-state index is 12.3. The van der Waals surface area contributed by atoms with Crippen LogP contribution in [-0.2, 0) is 4.79 Å². The molecule has 1 N–H and O–H groups in total. The maximum Gasteiger partial charge on any atom is 0.276 e. The molecule has 1 aromatic carbocycles. The second kappa shape index (κ2) is 7.97. The van der Waals surface area contributed by atoms with E-state index < -0.39 is 10.5 Å². The van der Waals surface area contributed by atoms with Crippen molar-refractivity contribution >= 4 is 11.6 Å². The number of benzene rings is 1. The lowest BCUT2D eigenvalue weighted by molar-refractivity contribution is -0.385. The third-order valence-corrected chi connectivity index (χ3v) is 4.67. The van der Waals surface area contributed by atoms with Crippen LogP contribution in [0.5, 0.6) is 5.75 Å². The first-order valence-electron chi connectivity index (χ1n) is 8.48. The van der Waals surface area contributed by atoms with Crippen molar-refractivity contribution in [2.45, 2.75) is 57.9 Å². The van der Waals surface area contributed by atoms with Gasteiger partial charge in [0.05, 0.1) is 16.6 Å². The summed E-state index contributed by atoms with van der Waals surface area (Å²) < 4.78 is 5.56. The normalized spacial score (nSPS) is 16.4. The molecule has 0 aliphatic heterocycles. The minimum atomic E-state index is -0.830. The molecular weight excluding hydrogens is 322 g/mol. The molecule has 1 aromatic rings. The van der Waals surface area contributed by atoms with Gasteiger partial charge < -0.3 is 10.1 Å². The number of nitrogens with one attached hydrogen (secondary N) is 1. The number of aryl methyl sites for hydroxylation is 1. The standard InChI is InChI=1S/C18H23N3O4/c1-13-7-8-15(21(23)24)14(2)17(13)25-11-16(22)20-18(12-19)9-5-3-4-6-10-18/h7-8H,3-6,9-11H2,1-2H3,(H,20,22). The van der Waals surface area contributed by atoms with Crippen LogP contribution in [0.2, 0.25) is 0 Å². The van der Waals surface area contributed by atoms with Crippen LogP contribution in [0, 0.1) is 35.3 Å². The number of nitriles is 1. The zero-order chi connectivity index (χ0) is 18.4. The van der Waals surface area contributed by atoms with Gasteiger partial charge in [-0.25, -0.2) is 0 Å². The fraction of sp³-hybridized carbons (Fsp3) is 0.556. The van der Waals surface area contributed by atoms with Crippen molar-refractivity contribution in [3.05, 3.63) is 33.4 Å². The average molecular weight is 345 g/mol. The molecule has 25 heavy (non-hydrogen) atoms. The van der Waals surface area contributed by atoms with Gasteiger partial charge in [0, 0.05) is 6.07 Å². The van der Waals surface area contributed by atoms with Gasteiger partial charge in [0.25, 0.3) is 11.6 Å². The molecule has 1 fully saturated rings. The number of nitro benzene ring substituents is 1. The molecular formula is C18H23N3O4. The van der Waals surface area contributed by atoms with E-state index in [-0.39, 0.29) is 18.2 Å². The lowest BCUT2D eigenvalue weighted by atomic mass is 9.92. The molecule has 0 heterocycles. The quantitative estimate of drug-likeness (QED) is 0.500. The molecule has 2 rings (SSSR count). The number of ether oxygens (including phenoxy) is 1. The van der Waals surface area contributed by atoms with E-state index in [2.05, 4.69) is 11.4 Å². The Labute approximate surface area is 147 Å². The minimum Gasteiger partial charge on any atom is -0.483 e. The Morgan fingerprint density at radius 3 is 2.52 bits per heavy atom. The number of hydrogen-bond acceptors (Lipinski definition) is 5. The van der Waals surface area contributed by atoms with Crippen LogP contribution in [0.1, 0.15) is 49.7 Å². The van der Waals surface area contributed by atoms with Crippen LogP contribution in [0.15, 0.2) is 12.1 Å². The Morgan fingerprint density at radius 2 is 1.96 bits per heavy atom. The molecule has 7 nitrogen and oxygen atoms in total. The van der Waals surface area contributed by atoms with Gasteiger partial charge in [-0.05, 0) is 38.3 Å². The zero-order valence-electron chi connectivity index (χ0n) is 14.6. The SMILES string of the molecule is Cc1ccc([N+](=O)[O-])c(C)c1OCC(=O)NC1(C#N)CCCCCC1. The Kier molecular flexibility index (Phi) is 5.97. The summed E-state index contributed by atoms with van der Waals surface area (Å²) in [7, 11) is 0. The monoisotopic (exact) mass is 345 g/mol. The van der Waals surface area contributed by atoms with E-state index in [1.54, 1.807) is 19.9 Å². The topological polar surface area (TPSA) is 105 Å². The molecule has 1 aliphatic carbocycles. The maximum atomic E-state index is 12.3. The highest BCUT2D eigenvalue weighted by Crippen LogP contribution is 2.31. The van der Waals surface area contributed by atoms with Crippen LogP contribution in [0.3, 0.4) is 0 Å². The summed E-state index contributed by atoms with van der Waals surface area (Å²) in [4.78, 5) is 22.8. The van der Waals surface area contributed by atoms with E-state index in [0.717, 1.165) is 31.2 Å². The van der Waals surface area contributed by atoms with E-state index in [0.29, 0.717) is 24.2 Å². The largest absolute Gasteiger partial charge is 0.483 e. The smallest absolute Gasteiger partial charge is 0.276 e. The molecule has 134 valence electrons. The van der Waals surface area contributed by atoms with Crippen LogP contribution in [-0.4, -0.2) is 23.0 Å². The molecule has 0 radical (unpaired) electrons. The number of rotatable bonds is 5. The molecule has 0 spiro atoms. The van der Waals surface area contributed by atoms with Crippen LogP contribution in [0.4, 0.5) is 5.69 Å². The molecule has 1 saturated carbocycles. The van der Waals surface area contributed by atoms with Crippen molar-refractivity contribution < 1.29 is 14.5 Å². The Bertz CT molecular complexity index is 701. The Balaban J connectivity index is 2.06. The van der Waals surface area contributed by atoms with Crippen molar-refractivity contribution in [2.24, 2.45) is 0 Å². The second-order valence-corrected chi connectivity index (χ2v) is 6.56. The zero-order valence-corrected chi connectivity index (χ0v) is 14.6. The number of amides is 1. The summed E-state index contributed by atoms with van der Waals surface area (Å²) in [5.74, 6) is -0.0371. The van der Waals surface area contributed by atoms with Gasteiger partial charge in [0.1, 0.15) is 11.3 Å². The third-order valence-electron chi connectivity index (χ3n) is 4.67. The number of carbonyl (C=O) groups excluding carboxylic acids is 1. The number of carbonyl (C=O) groups is 1. The van der Waals surface area contributed by atoms with Crippen molar-refractivity contribution in [2.75, 3.05) is 6.61 Å². The average Bonchev–Trinajstić information content (AvgIpc) is 2.80. The second-order valence-electron chi connectivity index (χ2n) is 6.56. The molecule has 1 aliphatic rings. The Morgan fingerprint density at radius 1 is 1.32 bits per heavy atom. The Hall–Kier alpha value is -2.62. The lowest BCUT2D eigenvalue weighted by Gasteiger charge is -2.26. The van der Waals surface area contributed by atoms with E-state index in [1.807, 2.05) is 0 Å². The highest BCUT2D eigenvalue weighted by molar-refractivity contribution is 5.79. The van der Waals surface area contributed by atoms with E-state index in [9.17, 15) is 20.2 Å². The van der Waals surface area contributed by atoms with Crippen molar-refractivity contribution in [1.29, 1.82) is 5.26 Å². The number of hydrogen-bond donors (Lipinski definition) is 1. The molecule has 1 amide bonds. The van der Waals surface area contributed by atoms with E-state index in [4.69, 9.17) is 4.74 Å². The van der Waals surface area contributed by atoms with Gasteiger partial charge in [-0.15, -0.1) is 0 Å². The first-order chi connectivity index (χ1) is 11.9. The molecule has 0 bridgehead atoms. The first-order valence-corrected chi connectivity index (χ1v) is 8.48. The molecule has 0 atom stereocenters. The number of nitrogens with zero attached hydrogens (tertiary/aromatic N) is 2. The summed E-state index contributed by atoms with van der Waals surface area (Å²) in [6, 6.07) is 5.28. The van der Waals surface area contributed by atoms with Crippen molar-refractivity contribution in [3.63, 3.8) is 0 Å². The van der Waals surface area contributed by atoms with Crippen molar-refractivity contribution in [3.8, 4) is 11.8 Å². The fourth-order valence-electron chi connectivity index (χ4n) is 3.27. The summed E-state index contributed by atoms with van der Waals surface area (Å²) in [5, 5.41) is 23.3. The molecule has 7 heteroatoms. The highest BCUT2D eigenvalue weighted by atomic mass is 16.6. The summed E-state index contributed by atoms with van der Waals surface area (Å²) >= 11 is 0. The number of nitro groups is 1. The van der Waals surface area contributed by atoms with Crippen LogP contribution in [0.25, 0.3) is 0 Å². The molecule has 0 aromatic heterocycles. The lowest BCUT2D eigenvalue weighted by Crippen LogP contribution is -2.48. The van der Waals surface area contributed by atoms with Crippen LogP contribution < -0.4 is 10.1 Å². The van der Waals surface area contributed by atoms with E-state index >= 15 is 0 Å². The predicted molar refractivity (Wildman–Crippen MR) is 92.3 cm³/mol.